The molecule has 0 aromatic rings. The molecule has 0 aromatic carbocycles. The Morgan fingerprint density at radius 2 is 1.81 bits per heavy atom. The number of rotatable bonds is 8. The molecule has 0 bridgehead atoms. The molecule has 3 N–H and O–H groups in total. The highest BCUT2D eigenvalue weighted by Gasteiger charge is 2.38. The van der Waals surface area contributed by atoms with Crippen molar-refractivity contribution >= 4 is 11.9 Å². The van der Waals surface area contributed by atoms with E-state index >= 15 is 0 Å². The third-order valence-electron chi connectivity index (χ3n) is 5.49. The van der Waals surface area contributed by atoms with Crippen LogP contribution in [0.25, 0.3) is 0 Å². The van der Waals surface area contributed by atoms with Crippen LogP contribution in [0.15, 0.2) is 4.99 Å². The Balaban J connectivity index is 1.81. The van der Waals surface area contributed by atoms with Gasteiger partial charge in [-0.05, 0) is 19.3 Å². The van der Waals surface area contributed by atoms with Gasteiger partial charge in [0.15, 0.2) is 5.96 Å². The summed E-state index contributed by atoms with van der Waals surface area (Å²) in [5.41, 5.74) is 0.206. The lowest BCUT2D eigenvalue weighted by molar-refractivity contribution is -0.120. The molecule has 2 fully saturated rings. The van der Waals surface area contributed by atoms with Gasteiger partial charge in [-0.15, -0.1) is 0 Å². The third-order valence-corrected chi connectivity index (χ3v) is 5.49. The summed E-state index contributed by atoms with van der Waals surface area (Å²) < 4.78 is 5.55. The van der Waals surface area contributed by atoms with Crippen molar-refractivity contribution in [3.05, 3.63) is 0 Å². The molecule has 0 radical (unpaired) electrons. The average Bonchev–Trinajstić information content (AvgIpc) is 2.70. The summed E-state index contributed by atoms with van der Waals surface area (Å²) in [5.74, 6) is 0.873. The van der Waals surface area contributed by atoms with E-state index in [2.05, 4.69) is 32.8 Å². The fraction of sp³-hybridized carbons (Fsp3) is 0.895. The van der Waals surface area contributed by atoms with Crippen molar-refractivity contribution in [2.75, 3.05) is 53.0 Å². The number of hydrogen-bond donors (Lipinski definition) is 3. The second-order valence-corrected chi connectivity index (χ2v) is 7.34. The van der Waals surface area contributed by atoms with E-state index in [0.29, 0.717) is 13.0 Å². The number of carbonyl (C=O) groups is 1. The number of guanidine groups is 1. The molecule has 2 rings (SSSR count). The van der Waals surface area contributed by atoms with E-state index in [9.17, 15) is 4.79 Å². The van der Waals surface area contributed by atoms with Crippen LogP contribution < -0.4 is 16.0 Å². The van der Waals surface area contributed by atoms with Gasteiger partial charge < -0.3 is 20.7 Å². The summed E-state index contributed by atoms with van der Waals surface area (Å²) in [7, 11) is 1.79. The molecule has 7 nitrogen and oxygen atoms in total. The minimum Gasteiger partial charge on any atom is -0.379 e. The molecule has 0 aromatic heterocycles. The van der Waals surface area contributed by atoms with Crippen LogP contribution in [0.5, 0.6) is 0 Å². The van der Waals surface area contributed by atoms with E-state index < -0.39 is 0 Å². The van der Waals surface area contributed by atoms with Gasteiger partial charge in [0.05, 0.1) is 13.2 Å². The lowest BCUT2D eigenvalue weighted by Gasteiger charge is -2.48. The third kappa shape index (κ3) is 6.43. The number of nitrogens with zero attached hydrogens (tertiary/aromatic N) is 2. The lowest BCUT2D eigenvalue weighted by Crippen LogP contribution is -2.60. The highest BCUT2D eigenvalue weighted by Crippen LogP contribution is 2.33. The van der Waals surface area contributed by atoms with E-state index in [1.165, 1.54) is 32.1 Å². The van der Waals surface area contributed by atoms with Crippen molar-refractivity contribution in [2.24, 2.45) is 4.99 Å². The zero-order valence-corrected chi connectivity index (χ0v) is 16.6. The first-order valence-corrected chi connectivity index (χ1v) is 10.2. The van der Waals surface area contributed by atoms with Crippen molar-refractivity contribution in [1.82, 2.24) is 20.9 Å². The Labute approximate surface area is 158 Å². The minimum atomic E-state index is 0.0897. The predicted molar refractivity (Wildman–Crippen MR) is 105 cm³/mol. The van der Waals surface area contributed by atoms with Crippen LogP contribution in [0.3, 0.4) is 0 Å². The van der Waals surface area contributed by atoms with Crippen LogP contribution in [0.1, 0.15) is 51.9 Å². The Kier molecular flexibility index (Phi) is 9.18. The number of amides is 1. The number of hydrogen-bond acceptors (Lipinski definition) is 4. The maximum atomic E-state index is 11.7. The van der Waals surface area contributed by atoms with Gasteiger partial charge in [0, 0.05) is 51.7 Å². The van der Waals surface area contributed by atoms with Crippen molar-refractivity contribution in [3.8, 4) is 0 Å². The number of morpholine rings is 1. The largest absolute Gasteiger partial charge is 0.379 e. The molecule has 1 saturated carbocycles. The topological polar surface area (TPSA) is 78.0 Å². The first-order chi connectivity index (χ1) is 12.7. The Morgan fingerprint density at radius 3 is 2.46 bits per heavy atom. The van der Waals surface area contributed by atoms with E-state index in [1.807, 2.05) is 0 Å². The molecule has 1 heterocycles. The highest BCUT2D eigenvalue weighted by molar-refractivity contribution is 5.81. The van der Waals surface area contributed by atoms with Crippen molar-refractivity contribution in [2.45, 2.75) is 57.4 Å². The van der Waals surface area contributed by atoms with Crippen LogP contribution in [0, 0.1) is 0 Å². The summed E-state index contributed by atoms with van der Waals surface area (Å²) in [6.45, 7) is 8.00. The summed E-state index contributed by atoms with van der Waals surface area (Å²) in [5, 5.41) is 9.69. The molecule has 1 saturated heterocycles. The zero-order chi connectivity index (χ0) is 18.7. The molecule has 1 aliphatic heterocycles. The van der Waals surface area contributed by atoms with Gasteiger partial charge in [0.25, 0.3) is 0 Å². The molecule has 7 heteroatoms. The number of ether oxygens (including phenoxy) is 1. The van der Waals surface area contributed by atoms with Gasteiger partial charge in [-0.25, -0.2) is 0 Å². The first-order valence-electron chi connectivity index (χ1n) is 10.2. The van der Waals surface area contributed by atoms with Crippen LogP contribution in [-0.4, -0.2) is 75.3 Å². The van der Waals surface area contributed by atoms with Gasteiger partial charge in [-0.1, -0.05) is 26.2 Å². The van der Waals surface area contributed by atoms with Crippen LogP contribution in [0.2, 0.25) is 0 Å². The molecular weight excluding hydrogens is 330 g/mol. The molecule has 26 heavy (non-hydrogen) atoms. The smallest absolute Gasteiger partial charge is 0.221 e. The molecule has 150 valence electrons. The molecule has 0 spiro atoms. The van der Waals surface area contributed by atoms with Gasteiger partial charge in [-0.3, -0.25) is 14.7 Å². The molecule has 1 amide bonds. The molecular formula is C19H37N5O2. The maximum absolute atomic E-state index is 11.7. The summed E-state index contributed by atoms with van der Waals surface area (Å²) in [4.78, 5) is 18.7. The summed E-state index contributed by atoms with van der Waals surface area (Å²) >= 11 is 0. The fourth-order valence-electron chi connectivity index (χ4n) is 3.97. The standard InChI is InChI=1S/C19H37N5O2/c1-3-10-21-17(25)7-11-22-18(20-2)23-16-19(8-5-4-6-9-19)24-12-14-26-15-13-24/h3-16H2,1-2H3,(H,21,25)(H2,20,22,23). The monoisotopic (exact) mass is 367 g/mol. The zero-order valence-electron chi connectivity index (χ0n) is 16.6. The molecule has 2 aliphatic rings. The summed E-state index contributed by atoms with van der Waals surface area (Å²) in [6.07, 6.45) is 7.82. The van der Waals surface area contributed by atoms with Gasteiger partial charge in [0.1, 0.15) is 0 Å². The fourth-order valence-corrected chi connectivity index (χ4v) is 3.97. The number of aliphatic imine (C=N–C) groups is 1. The Morgan fingerprint density at radius 1 is 1.08 bits per heavy atom. The summed E-state index contributed by atoms with van der Waals surface area (Å²) in [6, 6.07) is 0. The van der Waals surface area contributed by atoms with E-state index in [4.69, 9.17) is 4.74 Å². The number of carbonyl (C=O) groups excluding carboxylic acids is 1. The predicted octanol–water partition coefficient (Wildman–Crippen LogP) is 1.10. The molecule has 0 atom stereocenters. The first kappa shape index (κ1) is 21.0. The molecule has 1 aliphatic carbocycles. The van der Waals surface area contributed by atoms with Crippen LogP contribution >= 0.6 is 0 Å². The maximum Gasteiger partial charge on any atom is 0.221 e. The van der Waals surface area contributed by atoms with Gasteiger partial charge in [-0.2, -0.15) is 0 Å². The van der Waals surface area contributed by atoms with Crippen molar-refractivity contribution in [3.63, 3.8) is 0 Å². The SMILES string of the molecule is CCCNC(=O)CCNC(=NC)NCC1(N2CCOCC2)CCCCC1. The number of nitrogens with one attached hydrogen (secondary N) is 3. The molecule has 0 unspecified atom stereocenters. The normalized spacial score (nSPS) is 21.2. The van der Waals surface area contributed by atoms with Gasteiger partial charge >= 0.3 is 0 Å². The van der Waals surface area contributed by atoms with Gasteiger partial charge in [0.2, 0.25) is 5.91 Å². The highest BCUT2D eigenvalue weighted by atomic mass is 16.5. The van der Waals surface area contributed by atoms with Crippen molar-refractivity contribution in [1.29, 1.82) is 0 Å². The van der Waals surface area contributed by atoms with Crippen LogP contribution in [-0.2, 0) is 9.53 Å². The van der Waals surface area contributed by atoms with E-state index in [1.54, 1.807) is 7.05 Å². The second kappa shape index (κ2) is 11.4. The van der Waals surface area contributed by atoms with Crippen molar-refractivity contribution < 1.29 is 9.53 Å². The van der Waals surface area contributed by atoms with E-state index in [0.717, 1.165) is 51.8 Å². The van der Waals surface area contributed by atoms with E-state index in [-0.39, 0.29) is 11.4 Å². The Hall–Kier alpha value is -1.34. The minimum absolute atomic E-state index is 0.0897. The quantitative estimate of drug-likeness (QED) is 0.442. The second-order valence-electron chi connectivity index (χ2n) is 7.34. The Bertz CT molecular complexity index is 443. The average molecular weight is 368 g/mol. The lowest BCUT2D eigenvalue weighted by atomic mass is 9.80. The van der Waals surface area contributed by atoms with Crippen LogP contribution in [0.4, 0.5) is 0 Å².